The molecular weight excluding hydrogens is 457 g/mol. The molecule has 1 fully saturated rings. The summed E-state index contributed by atoms with van der Waals surface area (Å²) in [5, 5.41) is 29.8. The molecular formula is C27H19F3N2O3. The number of aromatic carboxylic acids is 1. The molecule has 0 atom stereocenters. The van der Waals surface area contributed by atoms with Crippen molar-refractivity contribution in [2.45, 2.75) is 25.2 Å². The van der Waals surface area contributed by atoms with Crippen LogP contribution in [0.15, 0.2) is 54.6 Å². The number of aromatic hydroxyl groups is 1. The fraction of sp³-hybridized carbons (Fsp3) is 0.185. The first-order valence-corrected chi connectivity index (χ1v) is 10.9. The smallest absolute Gasteiger partial charge is 0.335 e. The molecule has 0 spiro atoms. The number of hydrogen-bond donors (Lipinski definition) is 2. The molecule has 5 nitrogen and oxygen atoms in total. The van der Waals surface area contributed by atoms with Crippen molar-refractivity contribution >= 4 is 16.9 Å². The lowest BCUT2D eigenvalue weighted by atomic mass is 9.61. The van der Waals surface area contributed by atoms with Crippen LogP contribution in [0.2, 0.25) is 0 Å². The molecule has 4 aromatic rings. The van der Waals surface area contributed by atoms with Gasteiger partial charge >= 0.3 is 5.97 Å². The van der Waals surface area contributed by atoms with Gasteiger partial charge in [0.2, 0.25) is 0 Å². The Morgan fingerprint density at radius 3 is 2.34 bits per heavy atom. The van der Waals surface area contributed by atoms with Crippen molar-refractivity contribution in [1.29, 1.82) is 5.26 Å². The molecule has 1 aliphatic carbocycles. The third-order valence-corrected chi connectivity index (χ3v) is 6.74. The minimum absolute atomic E-state index is 0.0642. The molecule has 1 heterocycles. The average Bonchev–Trinajstić information content (AvgIpc) is 3.14. The number of benzene rings is 3. The fourth-order valence-electron chi connectivity index (χ4n) is 5.20. The highest BCUT2D eigenvalue weighted by Crippen LogP contribution is 2.54. The molecule has 3 aromatic carbocycles. The largest absolute Gasteiger partial charge is 0.507 e. The second-order valence-corrected chi connectivity index (χ2v) is 9.15. The topological polar surface area (TPSA) is 86.2 Å². The number of nitrogens with zero attached hydrogens (tertiary/aromatic N) is 2. The molecule has 1 aliphatic rings. The quantitative estimate of drug-likeness (QED) is 0.361. The van der Waals surface area contributed by atoms with Crippen LogP contribution >= 0.6 is 0 Å². The summed E-state index contributed by atoms with van der Waals surface area (Å²) in [5.41, 5.74) is 1.57. The van der Waals surface area contributed by atoms with E-state index in [0.29, 0.717) is 29.7 Å². The molecule has 2 N–H and O–H groups in total. The van der Waals surface area contributed by atoms with Gasteiger partial charge in [-0.2, -0.15) is 5.26 Å². The van der Waals surface area contributed by atoms with Crippen molar-refractivity contribution in [1.82, 2.24) is 4.57 Å². The van der Waals surface area contributed by atoms with E-state index in [9.17, 15) is 33.4 Å². The predicted octanol–water partition coefficient (Wildman–Crippen LogP) is 6.31. The highest BCUT2D eigenvalue weighted by Gasteiger charge is 2.46. The minimum atomic E-state index is -1.10. The lowest BCUT2D eigenvalue weighted by molar-refractivity contribution is 0.0697. The molecule has 0 saturated heterocycles. The second-order valence-electron chi connectivity index (χ2n) is 9.15. The molecule has 1 saturated carbocycles. The van der Waals surface area contributed by atoms with Crippen LogP contribution in [0.25, 0.3) is 27.7 Å². The Morgan fingerprint density at radius 1 is 1.06 bits per heavy atom. The van der Waals surface area contributed by atoms with Crippen LogP contribution in [-0.4, -0.2) is 20.7 Å². The second kappa shape index (κ2) is 7.91. The van der Waals surface area contributed by atoms with Gasteiger partial charge < -0.3 is 14.8 Å². The number of hydrogen-bond acceptors (Lipinski definition) is 3. The number of rotatable bonds is 4. The Hall–Kier alpha value is -4.25. The zero-order valence-electron chi connectivity index (χ0n) is 18.5. The number of nitriles is 1. The molecule has 0 aliphatic heterocycles. The van der Waals surface area contributed by atoms with Crippen molar-refractivity contribution in [2.75, 3.05) is 0 Å². The summed E-state index contributed by atoms with van der Waals surface area (Å²) in [6, 6.07) is 13.8. The fourth-order valence-corrected chi connectivity index (χ4v) is 5.20. The van der Waals surface area contributed by atoms with Gasteiger partial charge in [-0.15, -0.1) is 0 Å². The van der Waals surface area contributed by atoms with Crippen LogP contribution in [0.5, 0.6) is 5.75 Å². The summed E-state index contributed by atoms with van der Waals surface area (Å²) in [7, 11) is 0. The van der Waals surface area contributed by atoms with Gasteiger partial charge in [-0.1, -0.05) is 19.1 Å². The first kappa shape index (κ1) is 22.5. The van der Waals surface area contributed by atoms with Gasteiger partial charge in [0.25, 0.3) is 0 Å². The van der Waals surface area contributed by atoms with Gasteiger partial charge in [0.1, 0.15) is 11.6 Å². The molecule has 0 bridgehead atoms. The maximum atomic E-state index is 14.5. The number of carboxylic acids is 1. The van der Waals surface area contributed by atoms with E-state index in [0.717, 1.165) is 18.2 Å². The molecule has 35 heavy (non-hydrogen) atoms. The Morgan fingerprint density at radius 2 is 1.74 bits per heavy atom. The van der Waals surface area contributed by atoms with Gasteiger partial charge in [0, 0.05) is 40.4 Å². The number of aromatic nitrogens is 1. The summed E-state index contributed by atoms with van der Waals surface area (Å²) in [6.07, 6.45) is 0.930. The highest BCUT2D eigenvalue weighted by molar-refractivity contribution is 6.04. The lowest BCUT2D eigenvalue weighted by Gasteiger charge is -2.43. The van der Waals surface area contributed by atoms with E-state index in [4.69, 9.17) is 0 Å². The van der Waals surface area contributed by atoms with Crippen molar-refractivity contribution in [3.63, 3.8) is 0 Å². The Labute approximate surface area is 198 Å². The van der Waals surface area contributed by atoms with Gasteiger partial charge in [0.15, 0.2) is 11.6 Å². The third-order valence-electron chi connectivity index (χ3n) is 6.74. The van der Waals surface area contributed by atoms with Crippen LogP contribution in [0, 0.1) is 34.7 Å². The number of fused-ring (bicyclic) bond motifs is 1. The predicted molar refractivity (Wildman–Crippen MR) is 123 cm³/mol. The van der Waals surface area contributed by atoms with E-state index in [-0.39, 0.29) is 33.8 Å². The van der Waals surface area contributed by atoms with E-state index in [1.165, 1.54) is 24.3 Å². The molecule has 5 rings (SSSR count). The number of phenols is 1. The van der Waals surface area contributed by atoms with Crippen LogP contribution in [0.3, 0.4) is 0 Å². The Balaban J connectivity index is 1.91. The van der Waals surface area contributed by atoms with Gasteiger partial charge in [-0.25, -0.2) is 18.0 Å². The summed E-state index contributed by atoms with van der Waals surface area (Å²) >= 11 is 0. The zero-order valence-corrected chi connectivity index (χ0v) is 18.5. The van der Waals surface area contributed by atoms with E-state index in [2.05, 4.69) is 6.07 Å². The standard InChI is InChI=1S/C27H19F3N2O3/c1-27(11-14(12-27)13-31)25-23(15-2-4-16(5-3-15)26(34)35)24-21(8-17(28)9-22(24)33)32(25)18-6-7-19(29)20(30)10-18/h2-10,14,33H,11-12H2,1H3,(H,34,35). The molecule has 0 radical (unpaired) electrons. The number of halogens is 3. The van der Waals surface area contributed by atoms with Crippen LogP contribution in [0.4, 0.5) is 13.2 Å². The average molecular weight is 476 g/mol. The molecule has 8 heteroatoms. The number of carboxylic acid groups (broad SMARTS) is 1. The summed E-state index contributed by atoms with van der Waals surface area (Å²) in [6.45, 7) is 1.92. The first-order valence-electron chi connectivity index (χ1n) is 10.9. The molecule has 1 aromatic heterocycles. The number of carbonyl (C=O) groups is 1. The normalized spacial score (nSPS) is 19.3. The van der Waals surface area contributed by atoms with Crippen LogP contribution < -0.4 is 0 Å². The molecule has 0 unspecified atom stereocenters. The molecule has 176 valence electrons. The third kappa shape index (κ3) is 3.51. The van der Waals surface area contributed by atoms with Crippen molar-refractivity contribution < 1.29 is 28.2 Å². The maximum Gasteiger partial charge on any atom is 0.335 e. The first-order chi connectivity index (χ1) is 16.6. The van der Waals surface area contributed by atoms with E-state index >= 15 is 0 Å². The van der Waals surface area contributed by atoms with Crippen molar-refractivity contribution in [2.24, 2.45) is 5.92 Å². The number of phenolic OH excluding ortho intramolecular Hbond substituents is 1. The van der Waals surface area contributed by atoms with Gasteiger partial charge in [-0.3, -0.25) is 0 Å². The zero-order chi connectivity index (χ0) is 25.1. The van der Waals surface area contributed by atoms with Crippen molar-refractivity contribution in [3.05, 3.63) is 83.3 Å². The molecule has 0 amide bonds. The van der Waals surface area contributed by atoms with Crippen molar-refractivity contribution in [3.8, 4) is 28.6 Å². The van der Waals surface area contributed by atoms with E-state index < -0.39 is 28.8 Å². The maximum absolute atomic E-state index is 14.5. The lowest BCUT2D eigenvalue weighted by Crippen LogP contribution is -2.39. The monoisotopic (exact) mass is 476 g/mol. The Bertz CT molecular complexity index is 1550. The summed E-state index contributed by atoms with van der Waals surface area (Å²) in [4.78, 5) is 11.4. The highest BCUT2D eigenvalue weighted by atomic mass is 19.2. The van der Waals surface area contributed by atoms with Crippen LogP contribution in [-0.2, 0) is 5.41 Å². The van der Waals surface area contributed by atoms with Crippen LogP contribution in [0.1, 0.15) is 35.8 Å². The van der Waals surface area contributed by atoms with E-state index in [1.807, 2.05) is 6.92 Å². The van der Waals surface area contributed by atoms with Gasteiger partial charge in [-0.05, 0) is 48.7 Å². The minimum Gasteiger partial charge on any atom is -0.507 e. The SMILES string of the molecule is CC1(c2c(-c3ccc(C(=O)O)cc3)c3c(O)cc(F)cc3n2-c2ccc(F)c(F)c2)CC(C#N)C1. The summed E-state index contributed by atoms with van der Waals surface area (Å²) in [5.74, 6) is -4.51. The Kier molecular flexibility index (Phi) is 5.09. The summed E-state index contributed by atoms with van der Waals surface area (Å²) < 4.78 is 44.2. The van der Waals surface area contributed by atoms with Gasteiger partial charge in [0.05, 0.1) is 22.5 Å². The van der Waals surface area contributed by atoms with E-state index in [1.54, 1.807) is 16.7 Å².